The summed E-state index contributed by atoms with van der Waals surface area (Å²) in [5.41, 5.74) is 0. The predicted molar refractivity (Wildman–Crippen MR) is 51.0 cm³/mol. The SMILES string of the molecule is CCCCCSc1ccc[nH]1. The van der Waals surface area contributed by atoms with Gasteiger partial charge in [0.15, 0.2) is 0 Å². The molecular weight excluding hydrogens is 154 g/mol. The Morgan fingerprint density at radius 2 is 2.36 bits per heavy atom. The van der Waals surface area contributed by atoms with E-state index in [0.717, 1.165) is 0 Å². The first kappa shape index (κ1) is 8.72. The number of H-pyrrole nitrogens is 1. The lowest BCUT2D eigenvalue weighted by molar-refractivity contribution is 0.778. The molecule has 0 aliphatic carbocycles. The van der Waals surface area contributed by atoms with E-state index in [2.05, 4.69) is 18.0 Å². The van der Waals surface area contributed by atoms with E-state index >= 15 is 0 Å². The number of hydrogen-bond donors (Lipinski definition) is 1. The Bertz CT molecular complexity index is 170. The summed E-state index contributed by atoms with van der Waals surface area (Å²) < 4.78 is 0. The molecule has 0 atom stereocenters. The highest BCUT2D eigenvalue weighted by atomic mass is 32.2. The lowest BCUT2D eigenvalue weighted by atomic mass is 10.3. The molecule has 1 rings (SSSR count). The van der Waals surface area contributed by atoms with Gasteiger partial charge in [0.25, 0.3) is 0 Å². The molecule has 0 aliphatic rings. The number of unbranched alkanes of at least 4 members (excludes halogenated alkanes) is 2. The molecule has 0 aromatic carbocycles. The van der Waals surface area contributed by atoms with E-state index in [4.69, 9.17) is 0 Å². The fourth-order valence-corrected chi connectivity index (χ4v) is 1.83. The minimum atomic E-state index is 1.24. The van der Waals surface area contributed by atoms with Crippen LogP contribution in [0.1, 0.15) is 26.2 Å². The van der Waals surface area contributed by atoms with Crippen LogP contribution in [-0.4, -0.2) is 10.7 Å². The highest BCUT2D eigenvalue weighted by molar-refractivity contribution is 7.99. The molecule has 0 amide bonds. The maximum Gasteiger partial charge on any atom is 0.0721 e. The molecule has 0 fully saturated rings. The predicted octanol–water partition coefficient (Wildman–Crippen LogP) is 3.30. The van der Waals surface area contributed by atoms with Crippen LogP contribution in [0.25, 0.3) is 0 Å². The summed E-state index contributed by atoms with van der Waals surface area (Å²) in [6, 6.07) is 4.17. The number of aromatic nitrogens is 1. The van der Waals surface area contributed by atoms with Gasteiger partial charge in [-0.2, -0.15) is 0 Å². The molecule has 0 unspecified atom stereocenters. The third-order valence-electron chi connectivity index (χ3n) is 1.57. The Kier molecular flexibility index (Phi) is 4.21. The van der Waals surface area contributed by atoms with Gasteiger partial charge >= 0.3 is 0 Å². The molecule has 1 aromatic heterocycles. The second-order valence-electron chi connectivity index (χ2n) is 2.59. The quantitative estimate of drug-likeness (QED) is 0.528. The van der Waals surface area contributed by atoms with Gasteiger partial charge in [-0.1, -0.05) is 19.8 Å². The molecule has 0 aliphatic heterocycles. The number of hydrogen-bond acceptors (Lipinski definition) is 1. The van der Waals surface area contributed by atoms with Crippen molar-refractivity contribution in [3.8, 4) is 0 Å². The standard InChI is InChI=1S/C9H15NS/c1-2-3-4-8-11-9-6-5-7-10-9/h5-7,10H,2-4,8H2,1H3. The van der Waals surface area contributed by atoms with E-state index in [1.54, 1.807) is 0 Å². The first-order valence-corrected chi connectivity index (χ1v) is 5.18. The summed E-state index contributed by atoms with van der Waals surface area (Å²) in [7, 11) is 0. The van der Waals surface area contributed by atoms with Crippen molar-refractivity contribution >= 4 is 11.8 Å². The van der Waals surface area contributed by atoms with Crippen molar-refractivity contribution in [1.82, 2.24) is 4.98 Å². The number of thioether (sulfide) groups is 1. The molecule has 1 heterocycles. The average molecular weight is 169 g/mol. The first-order valence-electron chi connectivity index (χ1n) is 4.19. The highest BCUT2D eigenvalue weighted by Crippen LogP contribution is 2.16. The fourth-order valence-electron chi connectivity index (χ4n) is 0.938. The second-order valence-corrected chi connectivity index (χ2v) is 3.73. The van der Waals surface area contributed by atoms with Crippen LogP contribution in [0.2, 0.25) is 0 Å². The largest absolute Gasteiger partial charge is 0.356 e. The molecule has 0 saturated carbocycles. The molecule has 1 aromatic rings. The Hall–Kier alpha value is -0.370. The Balaban J connectivity index is 2.04. The normalized spacial score (nSPS) is 10.3. The van der Waals surface area contributed by atoms with Gasteiger partial charge in [0, 0.05) is 6.20 Å². The maximum atomic E-state index is 3.18. The molecule has 0 saturated heterocycles. The van der Waals surface area contributed by atoms with Crippen molar-refractivity contribution in [2.24, 2.45) is 0 Å². The third-order valence-corrected chi connectivity index (χ3v) is 2.63. The second kappa shape index (κ2) is 5.30. The van der Waals surface area contributed by atoms with Gasteiger partial charge in [-0.15, -0.1) is 11.8 Å². The van der Waals surface area contributed by atoms with Crippen LogP contribution in [0.4, 0.5) is 0 Å². The Morgan fingerprint density at radius 3 is 3.00 bits per heavy atom. The lowest BCUT2D eigenvalue weighted by Crippen LogP contribution is -1.79. The van der Waals surface area contributed by atoms with Crippen LogP contribution in [-0.2, 0) is 0 Å². The molecule has 11 heavy (non-hydrogen) atoms. The topological polar surface area (TPSA) is 15.8 Å². The molecule has 2 heteroatoms. The zero-order valence-corrected chi connectivity index (χ0v) is 7.79. The van der Waals surface area contributed by atoms with Gasteiger partial charge < -0.3 is 4.98 Å². The van der Waals surface area contributed by atoms with Crippen molar-refractivity contribution < 1.29 is 0 Å². The van der Waals surface area contributed by atoms with E-state index in [1.807, 2.05) is 24.0 Å². The van der Waals surface area contributed by atoms with Gasteiger partial charge in [0.1, 0.15) is 0 Å². The number of nitrogens with one attached hydrogen (secondary N) is 1. The molecular formula is C9H15NS. The van der Waals surface area contributed by atoms with Crippen LogP contribution in [0, 0.1) is 0 Å². The van der Waals surface area contributed by atoms with E-state index < -0.39 is 0 Å². The maximum absolute atomic E-state index is 3.18. The van der Waals surface area contributed by atoms with E-state index in [1.165, 1.54) is 30.0 Å². The van der Waals surface area contributed by atoms with Crippen LogP contribution >= 0.6 is 11.8 Å². The van der Waals surface area contributed by atoms with Crippen LogP contribution in [0.3, 0.4) is 0 Å². The van der Waals surface area contributed by atoms with Crippen molar-refractivity contribution in [2.45, 2.75) is 31.2 Å². The van der Waals surface area contributed by atoms with Crippen molar-refractivity contribution in [1.29, 1.82) is 0 Å². The molecule has 0 spiro atoms. The van der Waals surface area contributed by atoms with Gasteiger partial charge in [0.2, 0.25) is 0 Å². The lowest BCUT2D eigenvalue weighted by Gasteiger charge is -1.96. The summed E-state index contributed by atoms with van der Waals surface area (Å²) in [6.45, 7) is 2.24. The summed E-state index contributed by atoms with van der Waals surface area (Å²) in [5, 5.41) is 1.29. The smallest absolute Gasteiger partial charge is 0.0721 e. The molecule has 1 N–H and O–H groups in total. The van der Waals surface area contributed by atoms with Crippen LogP contribution in [0.5, 0.6) is 0 Å². The minimum absolute atomic E-state index is 1.24. The average Bonchev–Trinajstić information content (AvgIpc) is 2.50. The van der Waals surface area contributed by atoms with Crippen molar-refractivity contribution in [2.75, 3.05) is 5.75 Å². The molecule has 0 radical (unpaired) electrons. The van der Waals surface area contributed by atoms with Gasteiger partial charge in [-0.25, -0.2) is 0 Å². The third kappa shape index (κ3) is 3.51. The summed E-state index contributed by atoms with van der Waals surface area (Å²) in [6.07, 6.45) is 5.97. The van der Waals surface area contributed by atoms with Crippen LogP contribution < -0.4 is 0 Å². The van der Waals surface area contributed by atoms with E-state index in [0.29, 0.717) is 0 Å². The van der Waals surface area contributed by atoms with Crippen LogP contribution in [0.15, 0.2) is 23.4 Å². The van der Waals surface area contributed by atoms with Crippen molar-refractivity contribution in [3.63, 3.8) is 0 Å². The van der Waals surface area contributed by atoms with Gasteiger partial charge in [-0.3, -0.25) is 0 Å². The molecule has 0 bridgehead atoms. The van der Waals surface area contributed by atoms with Gasteiger partial charge in [-0.05, 0) is 24.3 Å². The van der Waals surface area contributed by atoms with E-state index in [-0.39, 0.29) is 0 Å². The molecule has 62 valence electrons. The summed E-state index contributed by atoms with van der Waals surface area (Å²) in [5.74, 6) is 1.24. The Morgan fingerprint density at radius 1 is 1.45 bits per heavy atom. The first-order chi connectivity index (χ1) is 5.43. The van der Waals surface area contributed by atoms with E-state index in [9.17, 15) is 0 Å². The summed E-state index contributed by atoms with van der Waals surface area (Å²) in [4.78, 5) is 3.18. The van der Waals surface area contributed by atoms with Gasteiger partial charge in [0.05, 0.1) is 5.03 Å². The number of aromatic amines is 1. The molecule has 1 nitrogen and oxygen atoms in total. The fraction of sp³-hybridized carbons (Fsp3) is 0.556. The Labute approximate surface area is 72.6 Å². The zero-order chi connectivity index (χ0) is 7.94. The highest BCUT2D eigenvalue weighted by Gasteiger charge is 1.91. The zero-order valence-electron chi connectivity index (χ0n) is 6.97. The number of rotatable bonds is 5. The monoisotopic (exact) mass is 169 g/mol. The van der Waals surface area contributed by atoms with Crippen molar-refractivity contribution in [3.05, 3.63) is 18.3 Å². The summed E-state index contributed by atoms with van der Waals surface area (Å²) >= 11 is 1.91. The minimum Gasteiger partial charge on any atom is -0.356 e.